The zero-order chi connectivity index (χ0) is 13.1. The maximum atomic E-state index is 5.74. The fourth-order valence-corrected chi connectivity index (χ4v) is 1.83. The minimum absolute atomic E-state index is 0.793. The Morgan fingerprint density at radius 3 is 2.22 bits per heavy atom. The van der Waals surface area contributed by atoms with Gasteiger partial charge in [-0.1, -0.05) is 0 Å². The molecule has 0 aliphatic heterocycles. The number of nitrogens with zero attached hydrogens (tertiary/aromatic N) is 1. The summed E-state index contributed by atoms with van der Waals surface area (Å²) in [6.45, 7) is 2.05. The minimum atomic E-state index is 0.793. The standard InChI is InChI=1S/C15H19N3/c1-11-10-12(16)4-9-15(11)17-13-5-7-14(8-6-13)18(2)3/h4-10,17H,16H2,1-3H3. The van der Waals surface area contributed by atoms with E-state index in [9.17, 15) is 0 Å². The lowest BCUT2D eigenvalue weighted by Gasteiger charge is -2.14. The summed E-state index contributed by atoms with van der Waals surface area (Å²) in [4.78, 5) is 2.08. The highest BCUT2D eigenvalue weighted by molar-refractivity contribution is 5.67. The molecule has 3 nitrogen and oxygen atoms in total. The van der Waals surface area contributed by atoms with Crippen LogP contribution in [0.5, 0.6) is 0 Å². The summed E-state index contributed by atoms with van der Waals surface area (Å²) in [5, 5.41) is 3.39. The third-order valence-electron chi connectivity index (χ3n) is 2.91. The molecule has 2 rings (SSSR count). The average Bonchev–Trinajstić information content (AvgIpc) is 2.33. The summed E-state index contributed by atoms with van der Waals surface area (Å²) in [6.07, 6.45) is 0. The normalized spacial score (nSPS) is 10.2. The quantitative estimate of drug-likeness (QED) is 0.809. The Hall–Kier alpha value is -2.16. The first-order valence-corrected chi connectivity index (χ1v) is 5.97. The summed E-state index contributed by atoms with van der Waals surface area (Å²) in [7, 11) is 4.07. The monoisotopic (exact) mass is 241 g/mol. The number of rotatable bonds is 3. The van der Waals surface area contributed by atoms with E-state index in [0.717, 1.165) is 22.6 Å². The fourth-order valence-electron chi connectivity index (χ4n) is 1.83. The van der Waals surface area contributed by atoms with Crippen LogP contribution in [0.15, 0.2) is 42.5 Å². The van der Waals surface area contributed by atoms with Gasteiger partial charge in [-0.05, 0) is 55.0 Å². The number of nitrogens with two attached hydrogens (primary N) is 1. The lowest BCUT2D eigenvalue weighted by atomic mass is 10.1. The summed E-state index contributed by atoms with van der Waals surface area (Å²) in [6, 6.07) is 14.2. The van der Waals surface area contributed by atoms with Gasteiger partial charge in [-0.2, -0.15) is 0 Å². The highest BCUT2D eigenvalue weighted by atomic mass is 15.1. The SMILES string of the molecule is Cc1cc(N)ccc1Nc1ccc(N(C)C)cc1. The molecule has 0 aliphatic rings. The highest BCUT2D eigenvalue weighted by Crippen LogP contribution is 2.23. The number of nitrogens with one attached hydrogen (secondary N) is 1. The number of nitrogen functional groups attached to an aromatic ring is 1. The van der Waals surface area contributed by atoms with E-state index in [1.165, 1.54) is 5.69 Å². The van der Waals surface area contributed by atoms with E-state index in [1.807, 2.05) is 39.2 Å². The van der Waals surface area contributed by atoms with E-state index in [1.54, 1.807) is 0 Å². The number of hydrogen-bond donors (Lipinski definition) is 2. The Labute approximate surface area is 108 Å². The molecule has 18 heavy (non-hydrogen) atoms. The van der Waals surface area contributed by atoms with Gasteiger partial charge in [0.15, 0.2) is 0 Å². The van der Waals surface area contributed by atoms with Crippen LogP contribution in [0.3, 0.4) is 0 Å². The van der Waals surface area contributed by atoms with Crippen molar-refractivity contribution in [1.82, 2.24) is 0 Å². The van der Waals surface area contributed by atoms with Gasteiger partial charge in [0.2, 0.25) is 0 Å². The average molecular weight is 241 g/mol. The minimum Gasteiger partial charge on any atom is -0.399 e. The number of anilines is 4. The van der Waals surface area contributed by atoms with Crippen LogP contribution >= 0.6 is 0 Å². The van der Waals surface area contributed by atoms with Crippen LogP contribution in [0, 0.1) is 6.92 Å². The maximum Gasteiger partial charge on any atom is 0.0415 e. The molecule has 0 unspecified atom stereocenters. The first-order chi connectivity index (χ1) is 8.56. The van der Waals surface area contributed by atoms with Crippen molar-refractivity contribution in [3.05, 3.63) is 48.0 Å². The lowest BCUT2D eigenvalue weighted by molar-refractivity contribution is 1.13. The molecule has 0 amide bonds. The lowest BCUT2D eigenvalue weighted by Crippen LogP contribution is -2.08. The summed E-state index contributed by atoms with van der Waals surface area (Å²) in [5.41, 5.74) is 11.0. The second-order valence-corrected chi connectivity index (χ2v) is 4.64. The molecule has 0 saturated carbocycles. The van der Waals surface area contributed by atoms with Crippen molar-refractivity contribution in [2.45, 2.75) is 6.92 Å². The molecule has 94 valence electrons. The molecule has 0 heterocycles. The number of aryl methyl sites for hydroxylation is 1. The molecule has 3 N–H and O–H groups in total. The molecule has 0 aromatic heterocycles. The molecule has 0 spiro atoms. The van der Waals surface area contributed by atoms with E-state index in [4.69, 9.17) is 5.73 Å². The second kappa shape index (κ2) is 5.00. The molecule has 3 heteroatoms. The van der Waals surface area contributed by atoms with Crippen molar-refractivity contribution in [2.24, 2.45) is 0 Å². The summed E-state index contributed by atoms with van der Waals surface area (Å²) < 4.78 is 0. The molecular formula is C15H19N3. The molecule has 2 aromatic rings. The van der Waals surface area contributed by atoms with E-state index in [0.29, 0.717) is 0 Å². The van der Waals surface area contributed by atoms with Crippen LogP contribution in [0.25, 0.3) is 0 Å². The van der Waals surface area contributed by atoms with Crippen molar-refractivity contribution in [1.29, 1.82) is 0 Å². The predicted molar refractivity (Wildman–Crippen MR) is 79.6 cm³/mol. The third kappa shape index (κ3) is 2.74. The summed E-state index contributed by atoms with van der Waals surface area (Å²) >= 11 is 0. The second-order valence-electron chi connectivity index (χ2n) is 4.64. The Balaban J connectivity index is 2.18. The smallest absolute Gasteiger partial charge is 0.0415 e. The maximum absolute atomic E-state index is 5.74. The number of benzene rings is 2. The largest absolute Gasteiger partial charge is 0.399 e. The molecule has 0 aliphatic carbocycles. The number of hydrogen-bond acceptors (Lipinski definition) is 3. The fraction of sp³-hybridized carbons (Fsp3) is 0.200. The van der Waals surface area contributed by atoms with Crippen LogP contribution in [-0.4, -0.2) is 14.1 Å². The predicted octanol–water partition coefficient (Wildman–Crippen LogP) is 3.39. The van der Waals surface area contributed by atoms with Crippen molar-refractivity contribution < 1.29 is 0 Å². The molecule has 0 saturated heterocycles. The first kappa shape index (κ1) is 12.3. The van der Waals surface area contributed by atoms with Crippen LogP contribution < -0.4 is 16.0 Å². The van der Waals surface area contributed by atoms with E-state index in [2.05, 4.69) is 34.5 Å². The Bertz CT molecular complexity index is 530. The molecule has 2 aromatic carbocycles. The van der Waals surface area contributed by atoms with Crippen molar-refractivity contribution in [3.63, 3.8) is 0 Å². The highest BCUT2D eigenvalue weighted by Gasteiger charge is 2.00. The van der Waals surface area contributed by atoms with Gasteiger partial charge in [0.1, 0.15) is 0 Å². The van der Waals surface area contributed by atoms with Crippen molar-refractivity contribution in [2.75, 3.05) is 30.0 Å². The van der Waals surface area contributed by atoms with Gasteiger partial charge in [-0.15, -0.1) is 0 Å². The third-order valence-corrected chi connectivity index (χ3v) is 2.91. The van der Waals surface area contributed by atoms with E-state index < -0.39 is 0 Å². The van der Waals surface area contributed by atoms with Gasteiger partial charge in [-0.25, -0.2) is 0 Å². The molecule has 0 bridgehead atoms. The molecule has 0 atom stereocenters. The van der Waals surface area contributed by atoms with E-state index >= 15 is 0 Å². The molecule has 0 radical (unpaired) electrons. The Kier molecular flexibility index (Phi) is 3.42. The molecule has 0 fully saturated rings. The van der Waals surface area contributed by atoms with Crippen molar-refractivity contribution >= 4 is 22.7 Å². The van der Waals surface area contributed by atoms with Crippen molar-refractivity contribution in [3.8, 4) is 0 Å². The van der Waals surface area contributed by atoms with Crippen LogP contribution in [0.4, 0.5) is 22.7 Å². The van der Waals surface area contributed by atoms with Crippen LogP contribution in [-0.2, 0) is 0 Å². The zero-order valence-electron chi connectivity index (χ0n) is 11.1. The van der Waals surface area contributed by atoms with Gasteiger partial charge in [0.25, 0.3) is 0 Å². The topological polar surface area (TPSA) is 41.3 Å². The first-order valence-electron chi connectivity index (χ1n) is 5.97. The van der Waals surface area contributed by atoms with Gasteiger partial charge in [-0.3, -0.25) is 0 Å². The zero-order valence-corrected chi connectivity index (χ0v) is 11.1. The van der Waals surface area contributed by atoms with Crippen LogP contribution in [0.2, 0.25) is 0 Å². The van der Waals surface area contributed by atoms with Gasteiger partial charge in [0.05, 0.1) is 0 Å². The Morgan fingerprint density at radius 2 is 1.67 bits per heavy atom. The van der Waals surface area contributed by atoms with Gasteiger partial charge >= 0.3 is 0 Å². The van der Waals surface area contributed by atoms with Crippen LogP contribution in [0.1, 0.15) is 5.56 Å². The van der Waals surface area contributed by atoms with Gasteiger partial charge in [0, 0.05) is 36.8 Å². The summed E-state index contributed by atoms with van der Waals surface area (Å²) in [5.74, 6) is 0. The van der Waals surface area contributed by atoms with Gasteiger partial charge < -0.3 is 16.0 Å². The molecular weight excluding hydrogens is 222 g/mol. The van der Waals surface area contributed by atoms with E-state index in [-0.39, 0.29) is 0 Å². The Morgan fingerprint density at radius 1 is 1.00 bits per heavy atom.